The molecule has 41 heavy (non-hydrogen) atoms. The molecule has 0 aliphatic heterocycles. The molecule has 6 heteroatoms. The van der Waals surface area contributed by atoms with Crippen molar-refractivity contribution in [3.63, 3.8) is 0 Å². The maximum absolute atomic E-state index is 12.2. The second-order valence-corrected chi connectivity index (χ2v) is 17.5. The third-order valence-corrected chi connectivity index (χ3v) is 15.2. The second kappa shape index (κ2) is 10.7. The van der Waals surface area contributed by atoms with Crippen LogP contribution in [0.15, 0.2) is 0 Å². The molecule has 0 radical (unpaired) electrons. The lowest BCUT2D eigenvalue weighted by molar-refractivity contribution is -0.294. The topological polar surface area (TPSA) is 121 Å². The molecule has 15 atom stereocenters. The average Bonchev–Trinajstić information content (AvgIpc) is 3.23. The van der Waals surface area contributed by atoms with E-state index in [1.165, 1.54) is 12.8 Å². The van der Waals surface area contributed by atoms with E-state index in [1.807, 2.05) is 0 Å². The van der Waals surface area contributed by atoms with Gasteiger partial charge in [0.1, 0.15) is 12.2 Å². The number of hydrogen-bond donors (Lipinski definition) is 6. The van der Waals surface area contributed by atoms with E-state index in [0.717, 1.165) is 51.4 Å². The van der Waals surface area contributed by atoms with E-state index in [4.69, 9.17) is 5.11 Å². The van der Waals surface area contributed by atoms with Crippen LogP contribution in [-0.4, -0.2) is 67.8 Å². The first-order chi connectivity index (χ1) is 19.0. The van der Waals surface area contributed by atoms with E-state index in [0.29, 0.717) is 30.1 Å². The minimum Gasteiger partial charge on any atom is -0.394 e. The minimum atomic E-state index is -1.32. The normalized spacial score (nSPS) is 51.9. The maximum atomic E-state index is 12.2. The molecule has 0 saturated heterocycles. The Morgan fingerprint density at radius 3 is 2.07 bits per heavy atom. The molecule has 0 spiro atoms. The van der Waals surface area contributed by atoms with E-state index in [9.17, 15) is 25.5 Å². The predicted molar refractivity (Wildman–Crippen MR) is 161 cm³/mol. The van der Waals surface area contributed by atoms with E-state index < -0.39 is 24.9 Å². The smallest absolute Gasteiger partial charge is 0.108 e. The van der Waals surface area contributed by atoms with Gasteiger partial charge in [-0.1, -0.05) is 54.9 Å². The van der Waals surface area contributed by atoms with Crippen molar-refractivity contribution in [3.8, 4) is 0 Å². The van der Waals surface area contributed by atoms with Gasteiger partial charge >= 0.3 is 0 Å². The third-order valence-electron chi connectivity index (χ3n) is 15.2. The number of aliphatic hydroxyl groups excluding tert-OH is 6. The molecular formula is C35H62O6. The van der Waals surface area contributed by atoms with Gasteiger partial charge in [0.05, 0.1) is 24.9 Å². The van der Waals surface area contributed by atoms with Gasteiger partial charge < -0.3 is 30.6 Å². The predicted octanol–water partition coefficient (Wildman–Crippen LogP) is 4.91. The van der Waals surface area contributed by atoms with E-state index in [-0.39, 0.29) is 51.1 Å². The monoisotopic (exact) mass is 578 g/mol. The molecule has 0 aromatic heterocycles. The quantitative estimate of drug-likeness (QED) is 0.255. The Kier molecular flexibility index (Phi) is 8.38. The van der Waals surface area contributed by atoms with Crippen LogP contribution in [0.2, 0.25) is 0 Å². The van der Waals surface area contributed by atoms with Gasteiger partial charge in [-0.15, -0.1) is 0 Å². The van der Waals surface area contributed by atoms with E-state index in [1.54, 1.807) is 0 Å². The van der Waals surface area contributed by atoms with Crippen molar-refractivity contribution >= 4 is 0 Å². The highest BCUT2D eigenvalue weighted by atomic mass is 16.4. The van der Waals surface area contributed by atoms with Gasteiger partial charge in [0.2, 0.25) is 0 Å². The van der Waals surface area contributed by atoms with E-state index >= 15 is 0 Å². The summed E-state index contributed by atoms with van der Waals surface area (Å²) >= 11 is 0. The average molecular weight is 579 g/mol. The molecule has 0 aromatic rings. The van der Waals surface area contributed by atoms with Crippen LogP contribution >= 0.6 is 0 Å². The van der Waals surface area contributed by atoms with Gasteiger partial charge in [-0.25, -0.2) is 0 Å². The van der Waals surface area contributed by atoms with E-state index in [2.05, 4.69) is 48.5 Å². The Balaban J connectivity index is 1.38. The SMILES string of the molecule is CC(CC[C@@H](O)[C@@H](O)[C@@H](O)CO)[C@H]1CC[C@@]2(C)C1CC[C@]1(C)[C@@H]2C[C@@H](O)[C@@H]2[C@@]3(C)CCCC(C)(C)C3[C@@H](O)C[C@]21C. The summed E-state index contributed by atoms with van der Waals surface area (Å²) < 4.78 is 0. The molecule has 0 bridgehead atoms. The van der Waals surface area contributed by atoms with Gasteiger partial charge in [-0.3, -0.25) is 0 Å². The van der Waals surface area contributed by atoms with Crippen molar-refractivity contribution in [3.05, 3.63) is 0 Å². The lowest BCUT2D eigenvalue weighted by atomic mass is 9.31. The molecule has 5 rings (SSSR count). The summed E-state index contributed by atoms with van der Waals surface area (Å²) in [5.74, 6) is 2.35. The van der Waals surface area contributed by atoms with Crippen LogP contribution < -0.4 is 0 Å². The summed E-state index contributed by atoms with van der Waals surface area (Å²) in [5, 5.41) is 63.6. The second-order valence-electron chi connectivity index (χ2n) is 17.5. The molecule has 5 saturated carbocycles. The molecule has 6 nitrogen and oxygen atoms in total. The summed E-state index contributed by atoms with van der Waals surface area (Å²) in [7, 11) is 0. The Labute approximate surface area is 249 Å². The summed E-state index contributed by atoms with van der Waals surface area (Å²) in [4.78, 5) is 0. The number of rotatable bonds is 7. The zero-order valence-corrected chi connectivity index (χ0v) is 27.0. The minimum absolute atomic E-state index is 0.0545. The van der Waals surface area contributed by atoms with Gasteiger partial charge in [-0.05, 0) is 127 Å². The maximum Gasteiger partial charge on any atom is 0.108 e. The molecule has 0 heterocycles. The van der Waals surface area contributed by atoms with Gasteiger partial charge in [0.15, 0.2) is 0 Å². The number of aliphatic hydroxyl groups is 6. The first-order valence-corrected chi connectivity index (χ1v) is 17.0. The van der Waals surface area contributed by atoms with Crippen molar-refractivity contribution in [2.75, 3.05) is 6.61 Å². The lowest BCUT2D eigenvalue weighted by Crippen LogP contribution is -2.71. The molecule has 6 N–H and O–H groups in total. The Morgan fingerprint density at radius 1 is 0.732 bits per heavy atom. The molecule has 5 aliphatic carbocycles. The van der Waals surface area contributed by atoms with Crippen molar-refractivity contribution < 1.29 is 30.6 Å². The highest BCUT2D eigenvalue weighted by molar-refractivity contribution is 5.22. The van der Waals surface area contributed by atoms with Crippen molar-refractivity contribution in [2.24, 2.45) is 62.6 Å². The molecular weight excluding hydrogens is 516 g/mol. The third kappa shape index (κ3) is 4.62. The zero-order valence-electron chi connectivity index (χ0n) is 27.0. The van der Waals surface area contributed by atoms with Crippen LogP contribution in [0.5, 0.6) is 0 Å². The summed E-state index contributed by atoms with van der Waals surface area (Å²) in [6.07, 6.45) is 6.56. The fourth-order valence-corrected chi connectivity index (χ4v) is 13.4. The fraction of sp³-hybridized carbons (Fsp3) is 1.00. The van der Waals surface area contributed by atoms with Crippen molar-refractivity contribution in [2.45, 2.75) is 150 Å². The van der Waals surface area contributed by atoms with Crippen molar-refractivity contribution in [1.29, 1.82) is 0 Å². The molecule has 0 aromatic carbocycles. The summed E-state index contributed by atoms with van der Waals surface area (Å²) in [6, 6.07) is 0. The standard InChI is InChI=1S/C35H62O6/c1-20(9-10-23(37)28(41)26(40)19-36)21-11-15-32(4)22(21)12-16-34(6)27(32)17-24(38)30-33(5)14-8-13-31(2,3)29(33)25(39)18-35(30,34)7/h20-30,36-41H,8-19H2,1-7H3/t20?,21-,22?,23-,24-,25+,26+,27-,28-,29?,30-,32+,33+,34-,35-/m1/s1. The van der Waals surface area contributed by atoms with Gasteiger partial charge in [0.25, 0.3) is 0 Å². The molecule has 3 unspecified atom stereocenters. The molecule has 238 valence electrons. The zero-order chi connectivity index (χ0) is 30.3. The first-order valence-electron chi connectivity index (χ1n) is 17.0. The molecule has 0 amide bonds. The first kappa shape index (κ1) is 32.2. The van der Waals surface area contributed by atoms with Crippen LogP contribution in [0.25, 0.3) is 0 Å². The Morgan fingerprint density at radius 2 is 1.41 bits per heavy atom. The van der Waals surface area contributed by atoms with Crippen LogP contribution in [-0.2, 0) is 0 Å². The largest absolute Gasteiger partial charge is 0.394 e. The lowest BCUT2D eigenvalue weighted by Gasteiger charge is -2.74. The number of fused-ring (bicyclic) bond motifs is 7. The van der Waals surface area contributed by atoms with Crippen LogP contribution in [0.1, 0.15) is 119 Å². The number of hydrogen-bond acceptors (Lipinski definition) is 6. The summed E-state index contributed by atoms with van der Waals surface area (Å²) in [5.41, 5.74) is 0.127. The van der Waals surface area contributed by atoms with Crippen LogP contribution in [0.3, 0.4) is 0 Å². The highest BCUT2D eigenvalue weighted by Crippen LogP contribution is 2.78. The van der Waals surface area contributed by atoms with Crippen LogP contribution in [0.4, 0.5) is 0 Å². The van der Waals surface area contributed by atoms with Crippen molar-refractivity contribution in [1.82, 2.24) is 0 Å². The Bertz CT molecular complexity index is 955. The van der Waals surface area contributed by atoms with Gasteiger partial charge in [-0.2, -0.15) is 0 Å². The van der Waals surface area contributed by atoms with Gasteiger partial charge in [0, 0.05) is 0 Å². The van der Waals surface area contributed by atoms with Crippen LogP contribution in [0, 0.1) is 62.6 Å². The fourth-order valence-electron chi connectivity index (χ4n) is 13.4. The molecule has 5 aliphatic rings. The molecule has 5 fully saturated rings. The highest BCUT2D eigenvalue weighted by Gasteiger charge is 2.73. The summed E-state index contributed by atoms with van der Waals surface area (Å²) in [6.45, 7) is 16.3. The Hall–Kier alpha value is -0.240.